The molecule has 0 aliphatic rings. The number of nitrogens with zero attached hydrogens (tertiary/aromatic N) is 1. The van der Waals surface area contributed by atoms with Crippen molar-refractivity contribution in [2.75, 3.05) is 13.3 Å². The molecule has 1 atom stereocenters. The third-order valence-electron chi connectivity index (χ3n) is 3.70. The highest BCUT2D eigenvalue weighted by molar-refractivity contribution is 7.88. The largest absolute Gasteiger partial charge is 0.341 e. The third kappa shape index (κ3) is 6.28. The Kier molecular flexibility index (Phi) is 6.27. The van der Waals surface area contributed by atoms with E-state index < -0.39 is 21.9 Å². The number of carbonyl (C=O) groups excluding carboxylic acids is 1. The number of hydrogen-bond acceptors (Lipinski definition) is 3. The number of carbonyl (C=O) groups is 1. The number of sulfonamides is 1. The van der Waals surface area contributed by atoms with Crippen molar-refractivity contribution in [1.82, 2.24) is 9.62 Å². The molecule has 0 radical (unpaired) electrons. The van der Waals surface area contributed by atoms with Crippen molar-refractivity contribution in [2.24, 2.45) is 0 Å². The van der Waals surface area contributed by atoms with Crippen LogP contribution < -0.4 is 4.72 Å². The normalized spacial score (nSPS) is 12.6. The lowest BCUT2D eigenvalue weighted by Gasteiger charge is -2.22. The van der Waals surface area contributed by atoms with E-state index >= 15 is 0 Å². The third-order valence-corrected chi connectivity index (χ3v) is 4.41. The van der Waals surface area contributed by atoms with Crippen LogP contribution in [0.2, 0.25) is 0 Å². The maximum Gasteiger partial charge on any atom is 0.224 e. The lowest BCUT2D eigenvalue weighted by atomic mass is 10.0. The molecule has 25 heavy (non-hydrogen) atoms. The Morgan fingerprint density at radius 1 is 1.12 bits per heavy atom. The summed E-state index contributed by atoms with van der Waals surface area (Å²) in [6.07, 6.45) is 0.976. The van der Waals surface area contributed by atoms with Crippen LogP contribution in [0.3, 0.4) is 0 Å². The molecule has 0 aliphatic carbocycles. The molecule has 0 fully saturated rings. The molecule has 7 heteroatoms. The predicted octanol–water partition coefficient (Wildman–Crippen LogP) is 2.46. The van der Waals surface area contributed by atoms with Crippen LogP contribution in [-0.2, 0) is 21.4 Å². The molecule has 5 nitrogen and oxygen atoms in total. The zero-order valence-electron chi connectivity index (χ0n) is 14.1. The Hall–Kier alpha value is -2.25. The second kappa shape index (κ2) is 8.22. The van der Waals surface area contributed by atoms with Crippen LogP contribution in [-0.4, -0.2) is 32.5 Å². The number of rotatable bonds is 7. The van der Waals surface area contributed by atoms with E-state index in [0.29, 0.717) is 12.1 Å². The van der Waals surface area contributed by atoms with Gasteiger partial charge in [0.15, 0.2) is 0 Å². The Bertz CT molecular complexity index is 808. The maximum atomic E-state index is 13.1. The first kappa shape index (κ1) is 19.1. The second-order valence-electron chi connectivity index (χ2n) is 5.93. The second-order valence-corrected chi connectivity index (χ2v) is 7.71. The van der Waals surface area contributed by atoms with E-state index in [1.165, 1.54) is 29.2 Å². The lowest BCUT2D eigenvalue weighted by Crippen LogP contribution is -2.34. The smallest absolute Gasteiger partial charge is 0.224 e. The Labute approximate surface area is 147 Å². The van der Waals surface area contributed by atoms with E-state index in [-0.39, 0.29) is 12.3 Å². The molecule has 2 rings (SSSR count). The molecule has 1 N–H and O–H groups in total. The van der Waals surface area contributed by atoms with Gasteiger partial charge in [-0.3, -0.25) is 4.79 Å². The Morgan fingerprint density at radius 2 is 1.72 bits per heavy atom. The summed E-state index contributed by atoms with van der Waals surface area (Å²) in [6, 6.07) is 14.2. The maximum absolute atomic E-state index is 13.1. The highest BCUT2D eigenvalue weighted by Crippen LogP contribution is 2.20. The minimum atomic E-state index is -3.53. The van der Waals surface area contributed by atoms with Crippen molar-refractivity contribution in [1.29, 1.82) is 0 Å². The summed E-state index contributed by atoms with van der Waals surface area (Å²) in [5.74, 6) is -0.635. The molecule has 0 heterocycles. The van der Waals surface area contributed by atoms with Gasteiger partial charge in [-0.05, 0) is 23.3 Å². The summed E-state index contributed by atoms with van der Waals surface area (Å²) >= 11 is 0. The quantitative estimate of drug-likeness (QED) is 0.821. The lowest BCUT2D eigenvalue weighted by molar-refractivity contribution is -0.130. The van der Waals surface area contributed by atoms with Gasteiger partial charge >= 0.3 is 0 Å². The summed E-state index contributed by atoms with van der Waals surface area (Å²) in [4.78, 5) is 14.0. The van der Waals surface area contributed by atoms with Crippen LogP contribution in [0.5, 0.6) is 0 Å². The molecule has 134 valence electrons. The van der Waals surface area contributed by atoms with Gasteiger partial charge in [0.1, 0.15) is 5.82 Å². The molecule has 0 saturated heterocycles. The summed E-state index contributed by atoms with van der Waals surface area (Å²) in [6.45, 7) is 0.425. The van der Waals surface area contributed by atoms with E-state index in [9.17, 15) is 17.6 Å². The van der Waals surface area contributed by atoms with Gasteiger partial charge in [0.25, 0.3) is 0 Å². The minimum absolute atomic E-state index is 0.0535. The fourth-order valence-electron chi connectivity index (χ4n) is 2.46. The van der Waals surface area contributed by atoms with E-state index in [4.69, 9.17) is 0 Å². The van der Waals surface area contributed by atoms with Crippen molar-refractivity contribution in [3.63, 3.8) is 0 Å². The predicted molar refractivity (Wildman–Crippen MR) is 94.7 cm³/mol. The Morgan fingerprint density at radius 3 is 2.28 bits per heavy atom. The van der Waals surface area contributed by atoms with Gasteiger partial charge in [0, 0.05) is 20.0 Å². The van der Waals surface area contributed by atoms with Gasteiger partial charge in [-0.25, -0.2) is 17.5 Å². The number of nitrogens with one attached hydrogen (secondary N) is 1. The molecule has 0 unspecified atom stereocenters. The van der Waals surface area contributed by atoms with Crippen LogP contribution in [0.25, 0.3) is 0 Å². The van der Waals surface area contributed by atoms with Crippen LogP contribution in [0, 0.1) is 5.82 Å². The van der Waals surface area contributed by atoms with Crippen molar-refractivity contribution in [2.45, 2.75) is 19.0 Å². The molecular weight excluding hydrogens is 343 g/mol. The number of halogens is 1. The highest BCUT2D eigenvalue weighted by Gasteiger charge is 2.22. The molecular formula is C18H21FN2O3S. The first-order valence-electron chi connectivity index (χ1n) is 7.75. The molecule has 2 aromatic rings. The summed E-state index contributed by atoms with van der Waals surface area (Å²) in [7, 11) is -1.86. The van der Waals surface area contributed by atoms with E-state index in [1.54, 1.807) is 7.05 Å². The van der Waals surface area contributed by atoms with Gasteiger partial charge in [-0.1, -0.05) is 42.5 Å². The molecule has 2 aromatic carbocycles. The standard InChI is InChI=1S/C18H21FN2O3S/c1-21(13-14-6-4-3-5-7-14)18(22)12-17(20-25(2,23)24)15-8-10-16(19)11-9-15/h3-11,17,20H,12-13H2,1-2H3/t17-/m1/s1. The van der Waals surface area contributed by atoms with Gasteiger partial charge in [-0.15, -0.1) is 0 Å². The van der Waals surface area contributed by atoms with E-state index in [2.05, 4.69) is 4.72 Å². The van der Waals surface area contributed by atoms with Crippen molar-refractivity contribution in [3.05, 3.63) is 71.5 Å². The molecule has 0 aliphatic heterocycles. The van der Waals surface area contributed by atoms with Crippen LogP contribution in [0.15, 0.2) is 54.6 Å². The summed E-state index contributed by atoms with van der Waals surface area (Å²) in [5.41, 5.74) is 1.51. The fourth-order valence-corrected chi connectivity index (χ4v) is 3.19. The average Bonchev–Trinajstić information content (AvgIpc) is 2.54. The average molecular weight is 364 g/mol. The first-order chi connectivity index (χ1) is 11.7. The van der Waals surface area contributed by atoms with Crippen molar-refractivity contribution >= 4 is 15.9 Å². The summed E-state index contributed by atoms with van der Waals surface area (Å²) in [5, 5.41) is 0. The molecule has 0 bridgehead atoms. The number of hydrogen-bond donors (Lipinski definition) is 1. The van der Waals surface area contributed by atoms with Gasteiger partial charge < -0.3 is 4.90 Å². The van der Waals surface area contributed by atoms with Gasteiger partial charge in [-0.2, -0.15) is 0 Å². The van der Waals surface area contributed by atoms with Crippen LogP contribution in [0.4, 0.5) is 4.39 Å². The summed E-state index contributed by atoms with van der Waals surface area (Å²) < 4.78 is 38.8. The molecule has 0 spiro atoms. The van der Waals surface area contributed by atoms with Crippen molar-refractivity contribution in [3.8, 4) is 0 Å². The number of benzene rings is 2. The molecule has 0 aromatic heterocycles. The van der Waals surface area contributed by atoms with Crippen LogP contribution >= 0.6 is 0 Å². The van der Waals surface area contributed by atoms with Gasteiger partial charge in [0.2, 0.25) is 15.9 Å². The van der Waals surface area contributed by atoms with Crippen molar-refractivity contribution < 1.29 is 17.6 Å². The Balaban J connectivity index is 2.12. The zero-order valence-corrected chi connectivity index (χ0v) is 15.0. The SMILES string of the molecule is CN(Cc1ccccc1)C(=O)C[C@@H](NS(C)(=O)=O)c1ccc(F)cc1. The zero-order chi connectivity index (χ0) is 18.4. The van der Waals surface area contributed by atoms with Gasteiger partial charge in [0.05, 0.1) is 12.3 Å². The first-order valence-corrected chi connectivity index (χ1v) is 9.64. The topological polar surface area (TPSA) is 66.5 Å². The number of amides is 1. The van der Waals surface area contributed by atoms with Crippen LogP contribution in [0.1, 0.15) is 23.6 Å². The monoisotopic (exact) mass is 364 g/mol. The molecule has 1 amide bonds. The highest BCUT2D eigenvalue weighted by atomic mass is 32.2. The fraction of sp³-hybridized carbons (Fsp3) is 0.278. The van der Waals surface area contributed by atoms with E-state index in [0.717, 1.165) is 11.8 Å². The molecule has 0 saturated carbocycles. The minimum Gasteiger partial charge on any atom is -0.341 e. The van der Waals surface area contributed by atoms with E-state index in [1.807, 2.05) is 30.3 Å².